The van der Waals surface area contributed by atoms with Crippen molar-refractivity contribution in [3.63, 3.8) is 0 Å². The van der Waals surface area contributed by atoms with E-state index in [4.69, 9.17) is 11.5 Å². The number of nitrogen functional groups attached to an aromatic ring is 2. The van der Waals surface area contributed by atoms with Crippen LogP contribution in [0.15, 0.2) is 48.5 Å². The van der Waals surface area contributed by atoms with Crippen molar-refractivity contribution >= 4 is 11.4 Å². The van der Waals surface area contributed by atoms with Gasteiger partial charge in [-0.3, -0.25) is 0 Å². The molecule has 0 bridgehead atoms. The van der Waals surface area contributed by atoms with E-state index in [-0.39, 0.29) is 0 Å². The topological polar surface area (TPSA) is 52.0 Å². The maximum atomic E-state index is 5.97. The summed E-state index contributed by atoms with van der Waals surface area (Å²) in [6.07, 6.45) is 4.31. The maximum Gasteiger partial charge on any atom is 0.0317 e. The molecule has 0 spiro atoms. The van der Waals surface area contributed by atoms with E-state index in [1.165, 1.54) is 44.5 Å². The highest BCUT2D eigenvalue weighted by Crippen LogP contribution is 2.41. The fourth-order valence-corrected chi connectivity index (χ4v) is 4.31. The van der Waals surface area contributed by atoms with Crippen molar-refractivity contribution in [2.24, 2.45) is 0 Å². The molecule has 0 saturated carbocycles. The molecule has 0 heterocycles. The summed E-state index contributed by atoms with van der Waals surface area (Å²) in [7, 11) is 0. The second-order valence-corrected chi connectivity index (χ2v) is 7.00. The minimum absolute atomic E-state index is 0.863. The van der Waals surface area contributed by atoms with Crippen molar-refractivity contribution < 1.29 is 0 Å². The third-order valence-electron chi connectivity index (χ3n) is 5.50. The smallest absolute Gasteiger partial charge is 0.0317 e. The molecule has 0 fully saturated rings. The summed E-state index contributed by atoms with van der Waals surface area (Å²) >= 11 is 0. The highest BCUT2D eigenvalue weighted by Gasteiger charge is 2.22. The van der Waals surface area contributed by atoms with E-state index in [0.29, 0.717) is 0 Å². The molecule has 2 aliphatic rings. The lowest BCUT2D eigenvalue weighted by Crippen LogP contribution is -2.10. The summed E-state index contributed by atoms with van der Waals surface area (Å²) in [6, 6.07) is 17.5. The molecule has 0 aromatic heterocycles. The number of rotatable bonds is 0. The van der Waals surface area contributed by atoms with Crippen LogP contribution < -0.4 is 11.5 Å². The van der Waals surface area contributed by atoms with E-state index in [1.807, 2.05) is 12.1 Å². The molecule has 24 heavy (non-hydrogen) atoms. The van der Waals surface area contributed by atoms with Gasteiger partial charge in [0.05, 0.1) is 0 Å². The van der Waals surface area contributed by atoms with E-state index in [0.717, 1.165) is 37.1 Å². The molecule has 0 atom stereocenters. The molecule has 2 heteroatoms. The number of nitrogens with two attached hydrogens (primary N) is 2. The fourth-order valence-electron chi connectivity index (χ4n) is 4.31. The molecule has 5 rings (SSSR count). The van der Waals surface area contributed by atoms with E-state index in [2.05, 4.69) is 36.4 Å². The average Bonchev–Trinajstić information content (AvgIpc) is 2.59. The lowest BCUT2D eigenvalue weighted by Gasteiger charge is -2.26. The summed E-state index contributed by atoms with van der Waals surface area (Å²) in [5.41, 5.74) is 24.8. The molecule has 2 nitrogen and oxygen atoms in total. The molecule has 3 aromatic rings. The molecule has 0 aliphatic heterocycles. The van der Waals surface area contributed by atoms with Crippen molar-refractivity contribution in [1.82, 2.24) is 0 Å². The first-order chi connectivity index (χ1) is 11.7. The van der Waals surface area contributed by atoms with Crippen molar-refractivity contribution in [3.8, 4) is 22.3 Å². The van der Waals surface area contributed by atoms with Crippen LogP contribution in [0.25, 0.3) is 22.3 Å². The predicted molar refractivity (Wildman–Crippen MR) is 101 cm³/mol. The zero-order valence-corrected chi connectivity index (χ0v) is 13.6. The summed E-state index contributed by atoms with van der Waals surface area (Å²) in [4.78, 5) is 0. The van der Waals surface area contributed by atoms with Crippen molar-refractivity contribution in [2.75, 3.05) is 11.5 Å². The van der Waals surface area contributed by atoms with Crippen LogP contribution in [0.4, 0.5) is 11.4 Å². The van der Waals surface area contributed by atoms with Crippen molar-refractivity contribution in [3.05, 3.63) is 70.8 Å². The van der Waals surface area contributed by atoms with Gasteiger partial charge >= 0.3 is 0 Å². The summed E-state index contributed by atoms with van der Waals surface area (Å²) < 4.78 is 0. The van der Waals surface area contributed by atoms with Crippen LogP contribution in [-0.4, -0.2) is 0 Å². The van der Waals surface area contributed by atoms with Gasteiger partial charge in [0.2, 0.25) is 0 Å². The standard InChI is InChI=1S/C22H20N2/c23-17-5-7-19-13(9-17)1-3-15-11-22-16(12-21(15)19)4-2-14-10-18(24)6-8-20(14)22/h5-12H,1-4,23-24H2. The molecular formula is C22H20N2. The van der Waals surface area contributed by atoms with Crippen LogP contribution in [-0.2, 0) is 25.7 Å². The minimum atomic E-state index is 0.863. The van der Waals surface area contributed by atoms with Crippen LogP contribution >= 0.6 is 0 Å². The van der Waals surface area contributed by atoms with Gasteiger partial charge in [-0.2, -0.15) is 0 Å². The zero-order valence-electron chi connectivity index (χ0n) is 13.6. The van der Waals surface area contributed by atoms with E-state index in [9.17, 15) is 0 Å². The van der Waals surface area contributed by atoms with E-state index in [1.54, 1.807) is 0 Å². The highest BCUT2D eigenvalue weighted by atomic mass is 14.5. The predicted octanol–water partition coefficient (Wildman–Crippen LogP) is 4.38. The Morgan fingerprint density at radius 1 is 0.458 bits per heavy atom. The Balaban J connectivity index is 1.71. The lowest BCUT2D eigenvalue weighted by atomic mass is 9.78. The van der Waals surface area contributed by atoms with Gasteiger partial charge in [0.1, 0.15) is 0 Å². The van der Waals surface area contributed by atoms with Crippen molar-refractivity contribution in [1.29, 1.82) is 0 Å². The first-order valence-corrected chi connectivity index (χ1v) is 8.62. The van der Waals surface area contributed by atoms with Crippen LogP contribution in [0.3, 0.4) is 0 Å². The zero-order chi connectivity index (χ0) is 16.3. The third-order valence-corrected chi connectivity index (χ3v) is 5.50. The number of hydrogen-bond acceptors (Lipinski definition) is 2. The fraction of sp³-hybridized carbons (Fsp3) is 0.182. The second-order valence-electron chi connectivity index (χ2n) is 7.00. The number of anilines is 2. The summed E-state index contributed by atoms with van der Waals surface area (Å²) in [5.74, 6) is 0. The largest absolute Gasteiger partial charge is 0.399 e. The van der Waals surface area contributed by atoms with Gasteiger partial charge in [-0.05, 0) is 94.5 Å². The number of fused-ring (bicyclic) bond motifs is 6. The Labute approximate surface area is 142 Å². The Morgan fingerprint density at radius 2 is 0.833 bits per heavy atom. The monoisotopic (exact) mass is 312 g/mol. The Morgan fingerprint density at radius 3 is 1.25 bits per heavy atom. The van der Waals surface area contributed by atoms with Gasteiger partial charge in [-0.25, -0.2) is 0 Å². The number of aryl methyl sites for hydroxylation is 4. The Kier molecular flexibility index (Phi) is 2.78. The third kappa shape index (κ3) is 1.96. The Hall–Kier alpha value is -2.74. The SMILES string of the molecule is Nc1ccc2c(c1)CCc1cc3c(cc1-2)CCc1cc(N)ccc1-3. The molecule has 2 aliphatic carbocycles. The van der Waals surface area contributed by atoms with Crippen LogP contribution in [0, 0.1) is 0 Å². The molecule has 0 saturated heterocycles. The van der Waals surface area contributed by atoms with Crippen LogP contribution in [0.1, 0.15) is 22.3 Å². The van der Waals surface area contributed by atoms with Gasteiger partial charge in [-0.1, -0.05) is 24.3 Å². The van der Waals surface area contributed by atoms with Crippen molar-refractivity contribution in [2.45, 2.75) is 25.7 Å². The first-order valence-electron chi connectivity index (χ1n) is 8.62. The molecule has 0 unspecified atom stereocenters. The lowest BCUT2D eigenvalue weighted by molar-refractivity contribution is 0.917. The van der Waals surface area contributed by atoms with Gasteiger partial charge in [-0.15, -0.1) is 0 Å². The molecule has 4 N–H and O–H groups in total. The second kappa shape index (κ2) is 4.88. The first kappa shape index (κ1) is 13.7. The van der Waals surface area contributed by atoms with Gasteiger partial charge < -0.3 is 11.5 Å². The van der Waals surface area contributed by atoms with Crippen LogP contribution in [0.5, 0.6) is 0 Å². The normalized spacial score (nSPS) is 14.3. The number of benzene rings is 3. The van der Waals surface area contributed by atoms with E-state index >= 15 is 0 Å². The summed E-state index contributed by atoms with van der Waals surface area (Å²) in [5, 5.41) is 0. The Bertz CT molecular complexity index is 904. The van der Waals surface area contributed by atoms with Gasteiger partial charge in [0.15, 0.2) is 0 Å². The average molecular weight is 312 g/mol. The molecule has 118 valence electrons. The molecule has 3 aromatic carbocycles. The van der Waals surface area contributed by atoms with Gasteiger partial charge in [0.25, 0.3) is 0 Å². The summed E-state index contributed by atoms with van der Waals surface area (Å²) in [6.45, 7) is 0. The number of hydrogen-bond donors (Lipinski definition) is 2. The highest BCUT2D eigenvalue weighted by molar-refractivity contribution is 5.82. The molecular weight excluding hydrogens is 292 g/mol. The maximum absolute atomic E-state index is 5.97. The minimum Gasteiger partial charge on any atom is -0.399 e. The van der Waals surface area contributed by atoms with Crippen LogP contribution in [0.2, 0.25) is 0 Å². The van der Waals surface area contributed by atoms with Gasteiger partial charge in [0, 0.05) is 11.4 Å². The molecule has 0 radical (unpaired) electrons. The quantitative estimate of drug-likeness (QED) is 0.605. The van der Waals surface area contributed by atoms with E-state index < -0.39 is 0 Å². The molecule has 0 amide bonds.